The zero-order valence-electron chi connectivity index (χ0n) is 21.6. The molecule has 40 heavy (non-hydrogen) atoms. The van der Waals surface area contributed by atoms with E-state index in [0.29, 0.717) is 39.2 Å². The largest absolute Gasteiger partial charge is 0.508 e. The summed E-state index contributed by atoms with van der Waals surface area (Å²) in [4.78, 5) is 24.3. The SMILES string of the molecule is COc1ccc2oc(-c3ccccc3OC)cc(=O)c2c1.O=c1cc(-c2ccccc2O)oc2cc(O)ccc12. The van der Waals surface area contributed by atoms with E-state index < -0.39 is 0 Å². The van der Waals surface area contributed by atoms with Crippen LogP contribution in [0.5, 0.6) is 23.0 Å². The number of ether oxygens (including phenoxy) is 2. The first-order chi connectivity index (χ1) is 19.4. The number of benzene rings is 4. The molecule has 0 amide bonds. The Hall–Kier alpha value is -5.50. The molecule has 0 aliphatic rings. The van der Waals surface area contributed by atoms with E-state index in [0.717, 1.165) is 5.56 Å². The van der Waals surface area contributed by atoms with Crippen LogP contribution in [0.3, 0.4) is 0 Å². The van der Waals surface area contributed by atoms with Gasteiger partial charge in [-0.3, -0.25) is 9.59 Å². The van der Waals surface area contributed by atoms with Gasteiger partial charge < -0.3 is 28.5 Å². The molecule has 0 unspecified atom stereocenters. The van der Waals surface area contributed by atoms with Crippen LogP contribution in [0.4, 0.5) is 0 Å². The van der Waals surface area contributed by atoms with E-state index in [1.54, 1.807) is 50.6 Å². The molecule has 8 heteroatoms. The predicted octanol–water partition coefficient (Wildman–Crippen LogP) is 6.35. The van der Waals surface area contributed by atoms with Gasteiger partial charge in [0.25, 0.3) is 0 Å². The molecule has 6 rings (SSSR count). The highest BCUT2D eigenvalue weighted by Crippen LogP contribution is 2.32. The lowest BCUT2D eigenvalue weighted by molar-refractivity contribution is 0.414. The quantitative estimate of drug-likeness (QED) is 0.268. The summed E-state index contributed by atoms with van der Waals surface area (Å²) < 4.78 is 21.8. The number of fused-ring (bicyclic) bond motifs is 2. The van der Waals surface area contributed by atoms with Gasteiger partial charge in [-0.1, -0.05) is 24.3 Å². The van der Waals surface area contributed by atoms with E-state index in [2.05, 4.69) is 0 Å². The van der Waals surface area contributed by atoms with Crippen molar-refractivity contribution >= 4 is 21.9 Å². The molecule has 8 nitrogen and oxygen atoms in total. The molecule has 0 radical (unpaired) electrons. The van der Waals surface area contributed by atoms with E-state index in [-0.39, 0.29) is 33.7 Å². The smallest absolute Gasteiger partial charge is 0.193 e. The van der Waals surface area contributed by atoms with Gasteiger partial charge in [-0.2, -0.15) is 0 Å². The van der Waals surface area contributed by atoms with Crippen LogP contribution in [0, 0.1) is 0 Å². The highest BCUT2D eigenvalue weighted by Gasteiger charge is 2.12. The molecule has 2 N–H and O–H groups in total. The minimum Gasteiger partial charge on any atom is -0.508 e. The maximum Gasteiger partial charge on any atom is 0.193 e. The van der Waals surface area contributed by atoms with Gasteiger partial charge in [0.05, 0.1) is 36.1 Å². The molecule has 0 saturated carbocycles. The van der Waals surface area contributed by atoms with Crippen molar-refractivity contribution in [2.75, 3.05) is 14.2 Å². The summed E-state index contributed by atoms with van der Waals surface area (Å²) in [5.74, 6) is 2.08. The number of phenols is 2. The summed E-state index contributed by atoms with van der Waals surface area (Å²) in [6.45, 7) is 0. The normalized spacial score (nSPS) is 10.7. The lowest BCUT2D eigenvalue weighted by Gasteiger charge is -2.08. The van der Waals surface area contributed by atoms with Crippen LogP contribution >= 0.6 is 0 Å². The van der Waals surface area contributed by atoms with Crippen molar-refractivity contribution < 1.29 is 28.5 Å². The van der Waals surface area contributed by atoms with E-state index in [1.807, 2.05) is 24.3 Å². The average molecular weight is 537 g/mol. The summed E-state index contributed by atoms with van der Waals surface area (Å²) in [6, 6.07) is 26.3. The molecule has 0 spiro atoms. The molecule has 0 atom stereocenters. The fraction of sp³-hybridized carbons (Fsp3) is 0.0625. The highest BCUT2D eigenvalue weighted by atomic mass is 16.5. The number of aromatic hydroxyl groups is 2. The molecule has 0 fully saturated rings. The summed E-state index contributed by atoms with van der Waals surface area (Å²) in [5.41, 5.74) is 1.64. The summed E-state index contributed by atoms with van der Waals surface area (Å²) in [5, 5.41) is 20.1. The van der Waals surface area contributed by atoms with Gasteiger partial charge in [0.15, 0.2) is 10.9 Å². The maximum atomic E-state index is 12.3. The first-order valence-corrected chi connectivity index (χ1v) is 12.2. The van der Waals surface area contributed by atoms with E-state index in [1.165, 1.54) is 36.4 Å². The standard InChI is InChI=1S/C17H14O4.C15H10O4/c1-19-11-7-8-16-13(9-11)14(18)10-17(21-16)12-5-3-4-6-15(12)20-2;16-9-5-6-11-13(18)8-15(19-14(11)7-9)10-3-1-2-4-12(10)17/h3-10H,1-2H3;1-8,16-17H. The zero-order valence-corrected chi connectivity index (χ0v) is 21.6. The van der Waals surface area contributed by atoms with Gasteiger partial charge in [0.1, 0.15) is 45.7 Å². The van der Waals surface area contributed by atoms with Crippen molar-refractivity contribution in [3.05, 3.63) is 118 Å². The minimum absolute atomic E-state index is 0.0186. The maximum absolute atomic E-state index is 12.3. The Morgan fingerprint density at radius 2 is 1.25 bits per heavy atom. The van der Waals surface area contributed by atoms with Crippen LogP contribution in [-0.2, 0) is 0 Å². The van der Waals surface area contributed by atoms with Crippen molar-refractivity contribution in [1.82, 2.24) is 0 Å². The van der Waals surface area contributed by atoms with Crippen molar-refractivity contribution in [2.45, 2.75) is 0 Å². The van der Waals surface area contributed by atoms with Gasteiger partial charge in [-0.05, 0) is 54.6 Å². The van der Waals surface area contributed by atoms with Gasteiger partial charge >= 0.3 is 0 Å². The molecule has 200 valence electrons. The number of phenolic OH excluding ortho intramolecular Hbond substituents is 2. The lowest BCUT2D eigenvalue weighted by Crippen LogP contribution is -2.01. The molecule has 6 aromatic rings. The van der Waals surface area contributed by atoms with Crippen molar-refractivity contribution in [3.63, 3.8) is 0 Å². The minimum atomic E-state index is -0.223. The molecule has 0 aliphatic heterocycles. The molecule has 0 saturated heterocycles. The Kier molecular flexibility index (Phi) is 7.24. The van der Waals surface area contributed by atoms with Crippen LogP contribution in [0.25, 0.3) is 44.6 Å². The average Bonchev–Trinajstić information content (AvgIpc) is 2.97. The third-order valence-corrected chi connectivity index (χ3v) is 6.19. The monoisotopic (exact) mass is 536 g/mol. The van der Waals surface area contributed by atoms with Crippen molar-refractivity contribution in [1.29, 1.82) is 0 Å². The lowest BCUT2D eigenvalue weighted by atomic mass is 10.1. The second-order valence-electron chi connectivity index (χ2n) is 8.71. The molecule has 2 heterocycles. The van der Waals surface area contributed by atoms with E-state index in [4.69, 9.17) is 18.3 Å². The first kappa shape index (κ1) is 26.1. The van der Waals surface area contributed by atoms with Gasteiger partial charge in [-0.15, -0.1) is 0 Å². The van der Waals surface area contributed by atoms with Crippen LogP contribution in [-0.4, -0.2) is 24.4 Å². The highest BCUT2D eigenvalue weighted by molar-refractivity contribution is 5.82. The van der Waals surface area contributed by atoms with E-state index >= 15 is 0 Å². The molecular formula is C32H24O8. The molecule has 4 aromatic carbocycles. The molecule has 0 aliphatic carbocycles. The number of hydrogen-bond acceptors (Lipinski definition) is 8. The van der Waals surface area contributed by atoms with E-state index in [9.17, 15) is 19.8 Å². The second-order valence-corrected chi connectivity index (χ2v) is 8.71. The van der Waals surface area contributed by atoms with Crippen LogP contribution in [0.1, 0.15) is 0 Å². The molecular weight excluding hydrogens is 512 g/mol. The summed E-state index contributed by atoms with van der Waals surface area (Å²) in [7, 11) is 3.15. The van der Waals surface area contributed by atoms with Gasteiger partial charge in [0, 0.05) is 18.2 Å². The number of methoxy groups -OCH3 is 2. The fourth-order valence-corrected chi connectivity index (χ4v) is 4.20. The Morgan fingerprint density at radius 3 is 1.98 bits per heavy atom. The molecule has 2 aromatic heterocycles. The zero-order chi connectivity index (χ0) is 28.2. The first-order valence-electron chi connectivity index (χ1n) is 12.2. The second kappa shape index (κ2) is 11.1. The topological polar surface area (TPSA) is 119 Å². The fourth-order valence-electron chi connectivity index (χ4n) is 4.20. The Labute approximate surface area is 227 Å². The van der Waals surface area contributed by atoms with Crippen LogP contribution in [0.15, 0.2) is 115 Å². The Morgan fingerprint density at radius 1 is 0.600 bits per heavy atom. The van der Waals surface area contributed by atoms with Crippen molar-refractivity contribution in [2.24, 2.45) is 0 Å². The van der Waals surface area contributed by atoms with Crippen LogP contribution < -0.4 is 20.3 Å². The summed E-state index contributed by atoms with van der Waals surface area (Å²) >= 11 is 0. The Bertz CT molecular complexity index is 1950. The van der Waals surface area contributed by atoms with Gasteiger partial charge in [-0.25, -0.2) is 0 Å². The predicted molar refractivity (Wildman–Crippen MR) is 152 cm³/mol. The van der Waals surface area contributed by atoms with Gasteiger partial charge in [0.2, 0.25) is 0 Å². The molecule has 0 bridgehead atoms. The number of hydrogen-bond donors (Lipinski definition) is 2. The number of rotatable bonds is 4. The van der Waals surface area contributed by atoms with Crippen LogP contribution in [0.2, 0.25) is 0 Å². The van der Waals surface area contributed by atoms with Crippen molar-refractivity contribution in [3.8, 4) is 45.6 Å². The third kappa shape index (κ3) is 5.23. The third-order valence-electron chi connectivity index (χ3n) is 6.19. The Balaban J connectivity index is 0.000000162. The number of para-hydroxylation sites is 2. The summed E-state index contributed by atoms with van der Waals surface area (Å²) in [6.07, 6.45) is 0.